The molecule has 0 saturated carbocycles. The van der Waals surface area contributed by atoms with Gasteiger partial charge in [-0.15, -0.1) is 21.5 Å². The Balaban J connectivity index is 1.35. The van der Waals surface area contributed by atoms with Gasteiger partial charge in [-0.05, 0) is 37.1 Å². The lowest BCUT2D eigenvalue weighted by atomic mass is 9.96. The molecule has 0 aliphatic carbocycles. The second-order valence-electron chi connectivity index (χ2n) is 6.37. The molecule has 8 heteroatoms. The number of hydrogen-bond acceptors (Lipinski definition) is 6. The molecule has 2 aromatic heterocycles. The van der Waals surface area contributed by atoms with Crippen molar-refractivity contribution in [1.82, 2.24) is 15.2 Å². The number of halogens is 1. The lowest BCUT2D eigenvalue weighted by Crippen LogP contribution is -2.38. The number of piperidine rings is 1. The van der Waals surface area contributed by atoms with Gasteiger partial charge in [-0.3, -0.25) is 4.79 Å². The Morgan fingerprint density at radius 3 is 2.52 bits per heavy atom. The van der Waals surface area contributed by atoms with Gasteiger partial charge in [0.2, 0.25) is 5.91 Å². The van der Waals surface area contributed by atoms with Crippen LogP contribution in [-0.4, -0.2) is 34.2 Å². The summed E-state index contributed by atoms with van der Waals surface area (Å²) in [7, 11) is 0. The molecule has 1 fully saturated rings. The van der Waals surface area contributed by atoms with Crippen molar-refractivity contribution in [3.63, 3.8) is 0 Å². The SMILES string of the molecule is O=C(Nc1nccs1)C1CCN(c2ccc(-c3ccc(Cl)cc3)nn2)CC1. The minimum absolute atomic E-state index is 0.00597. The molecule has 0 spiro atoms. The Labute approximate surface area is 166 Å². The Bertz CT molecular complexity index is 891. The zero-order valence-electron chi connectivity index (χ0n) is 14.5. The van der Waals surface area contributed by atoms with Crippen molar-refractivity contribution in [3.8, 4) is 11.3 Å². The summed E-state index contributed by atoms with van der Waals surface area (Å²) in [6.07, 6.45) is 3.27. The van der Waals surface area contributed by atoms with Crippen LogP contribution in [0.15, 0.2) is 48.0 Å². The fourth-order valence-electron chi connectivity index (χ4n) is 3.13. The van der Waals surface area contributed by atoms with E-state index in [0.717, 1.165) is 43.0 Å². The van der Waals surface area contributed by atoms with Crippen molar-refractivity contribution in [1.29, 1.82) is 0 Å². The highest BCUT2D eigenvalue weighted by molar-refractivity contribution is 7.13. The number of anilines is 2. The highest BCUT2D eigenvalue weighted by Gasteiger charge is 2.26. The topological polar surface area (TPSA) is 71.0 Å². The van der Waals surface area contributed by atoms with Crippen molar-refractivity contribution in [2.45, 2.75) is 12.8 Å². The number of amides is 1. The first kappa shape index (κ1) is 17.9. The van der Waals surface area contributed by atoms with Crippen LogP contribution in [0, 0.1) is 5.92 Å². The normalized spacial score (nSPS) is 14.9. The van der Waals surface area contributed by atoms with E-state index in [-0.39, 0.29) is 11.8 Å². The highest BCUT2D eigenvalue weighted by Crippen LogP contribution is 2.25. The molecule has 0 unspecified atom stereocenters. The van der Waals surface area contributed by atoms with Crippen molar-refractivity contribution in [3.05, 3.63) is 53.0 Å². The molecule has 1 N–H and O–H groups in total. The Kier molecular flexibility index (Phi) is 5.31. The third-order valence-electron chi connectivity index (χ3n) is 4.64. The first-order chi connectivity index (χ1) is 13.2. The number of hydrogen-bond donors (Lipinski definition) is 1. The minimum atomic E-state index is 0.00597. The summed E-state index contributed by atoms with van der Waals surface area (Å²) >= 11 is 7.36. The molecule has 6 nitrogen and oxygen atoms in total. The number of carbonyl (C=O) groups is 1. The summed E-state index contributed by atoms with van der Waals surface area (Å²) in [6.45, 7) is 1.57. The second kappa shape index (κ2) is 8.02. The zero-order valence-corrected chi connectivity index (χ0v) is 16.1. The molecule has 1 aromatic carbocycles. The van der Waals surface area contributed by atoms with Crippen LogP contribution in [0.3, 0.4) is 0 Å². The van der Waals surface area contributed by atoms with Gasteiger partial charge in [0.05, 0.1) is 5.69 Å². The molecule has 0 bridgehead atoms. The summed E-state index contributed by atoms with van der Waals surface area (Å²) < 4.78 is 0. The fourth-order valence-corrected chi connectivity index (χ4v) is 3.79. The molecule has 3 heterocycles. The van der Waals surface area contributed by atoms with Gasteiger partial charge in [-0.2, -0.15) is 0 Å². The molecule has 1 saturated heterocycles. The third-order valence-corrected chi connectivity index (χ3v) is 5.58. The van der Waals surface area contributed by atoms with E-state index in [1.165, 1.54) is 11.3 Å². The number of thiazole rings is 1. The molecule has 1 amide bonds. The van der Waals surface area contributed by atoms with Gasteiger partial charge in [0.25, 0.3) is 0 Å². The van der Waals surface area contributed by atoms with E-state index >= 15 is 0 Å². The zero-order chi connectivity index (χ0) is 18.6. The van der Waals surface area contributed by atoms with Crippen molar-refractivity contribution in [2.24, 2.45) is 5.92 Å². The predicted octanol–water partition coefficient (Wildman–Crippen LogP) is 4.11. The molecular weight excluding hydrogens is 382 g/mol. The molecule has 27 heavy (non-hydrogen) atoms. The number of carbonyl (C=O) groups excluding carboxylic acids is 1. The van der Waals surface area contributed by atoms with Gasteiger partial charge in [0.1, 0.15) is 0 Å². The number of rotatable bonds is 4. The average molecular weight is 400 g/mol. The Hall–Kier alpha value is -2.51. The lowest BCUT2D eigenvalue weighted by Gasteiger charge is -2.31. The summed E-state index contributed by atoms with van der Waals surface area (Å²) in [4.78, 5) is 18.6. The number of aromatic nitrogens is 3. The number of nitrogens with one attached hydrogen (secondary N) is 1. The van der Waals surface area contributed by atoms with Gasteiger partial charge >= 0.3 is 0 Å². The maximum Gasteiger partial charge on any atom is 0.229 e. The summed E-state index contributed by atoms with van der Waals surface area (Å²) in [5, 5.41) is 14.8. The van der Waals surface area contributed by atoms with E-state index in [1.807, 2.05) is 41.8 Å². The Morgan fingerprint density at radius 2 is 1.89 bits per heavy atom. The minimum Gasteiger partial charge on any atom is -0.355 e. The van der Waals surface area contributed by atoms with Gasteiger partial charge in [0, 0.05) is 41.2 Å². The van der Waals surface area contributed by atoms with Crippen LogP contribution in [0.5, 0.6) is 0 Å². The monoisotopic (exact) mass is 399 g/mol. The molecular formula is C19H18ClN5OS. The van der Waals surface area contributed by atoms with Crippen LogP contribution in [-0.2, 0) is 4.79 Å². The molecule has 1 aliphatic rings. The van der Waals surface area contributed by atoms with Crippen molar-refractivity contribution < 1.29 is 4.79 Å². The highest BCUT2D eigenvalue weighted by atomic mass is 35.5. The third kappa shape index (κ3) is 4.26. The van der Waals surface area contributed by atoms with Gasteiger partial charge < -0.3 is 10.2 Å². The van der Waals surface area contributed by atoms with Crippen LogP contribution in [0.1, 0.15) is 12.8 Å². The van der Waals surface area contributed by atoms with E-state index in [4.69, 9.17) is 11.6 Å². The van der Waals surface area contributed by atoms with Gasteiger partial charge in [-0.25, -0.2) is 4.98 Å². The van der Waals surface area contributed by atoms with Crippen molar-refractivity contribution in [2.75, 3.05) is 23.3 Å². The number of nitrogens with zero attached hydrogens (tertiary/aromatic N) is 4. The Morgan fingerprint density at radius 1 is 1.11 bits per heavy atom. The number of benzene rings is 1. The van der Waals surface area contributed by atoms with Gasteiger partial charge in [-0.1, -0.05) is 23.7 Å². The lowest BCUT2D eigenvalue weighted by molar-refractivity contribution is -0.120. The molecule has 1 aliphatic heterocycles. The first-order valence-electron chi connectivity index (χ1n) is 8.74. The van der Waals surface area contributed by atoms with E-state index in [9.17, 15) is 4.79 Å². The van der Waals surface area contributed by atoms with Crippen LogP contribution in [0.4, 0.5) is 10.9 Å². The summed E-state index contributed by atoms with van der Waals surface area (Å²) in [6, 6.07) is 11.5. The van der Waals surface area contributed by atoms with E-state index in [2.05, 4.69) is 25.4 Å². The van der Waals surface area contributed by atoms with Crippen LogP contribution < -0.4 is 10.2 Å². The van der Waals surface area contributed by atoms with Crippen LogP contribution >= 0.6 is 22.9 Å². The quantitative estimate of drug-likeness (QED) is 0.714. The van der Waals surface area contributed by atoms with Gasteiger partial charge in [0.15, 0.2) is 10.9 Å². The van der Waals surface area contributed by atoms with Crippen molar-refractivity contribution >= 4 is 39.8 Å². The van der Waals surface area contributed by atoms with Crippen LogP contribution in [0.25, 0.3) is 11.3 Å². The second-order valence-corrected chi connectivity index (χ2v) is 7.70. The predicted molar refractivity (Wildman–Crippen MR) is 108 cm³/mol. The molecule has 4 rings (SSSR count). The summed E-state index contributed by atoms with van der Waals surface area (Å²) in [5.41, 5.74) is 1.80. The van der Waals surface area contributed by atoms with Crippen LogP contribution in [0.2, 0.25) is 5.02 Å². The maximum atomic E-state index is 12.3. The largest absolute Gasteiger partial charge is 0.355 e. The molecule has 0 radical (unpaired) electrons. The van der Waals surface area contributed by atoms with E-state index < -0.39 is 0 Å². The first-order valence-corrected chi connectivity index (χ1v) is 10.00. The van der Waals surface area contributed by atoms with E-state index in [0.29, 0.717) is 10.2 Å². The smallest absolute Gasteiger partial charge is 0.229 e. The van der Waals surface area contributed by atoms with E-state index in [1.54, 1.807) is 6.20 Å². The molecule has 0 atom stereocenters. The summed E-state index contributed by atoms with van der Waals surface area (Å²) in [5.74, 6) is 0.895. The standard InChI is InChI=1S/C19H18ClN5OS/c20-15-3-1-13(2-4-15)16-5-6-17(24-23-16)25-10-7-14(8-11-25)18(26)22-19-21-9-12-27-19/h1-6,9,12,14H,7-8,10-11H2,(H,21,22,26). The fraction of sp³-hybridized carbons (Fsp3) is 0.263. The maximum absolute atomic E-state index is 12.3. The molecule has 3 aromatic rings. The average Bonchev–Trinajstić information content (AvgIpc) is 3.22. The molecule has 138 valence electrons.